The lowest BCUT2D eigenvalue weighted by atomic mass is 10.1. The number of hydrogen-bond acceptors (Lipinski definition) is 4. The van der Waals surface area contributed by atoms with Crippen LogP contribution in [0.25, 0.3) is 0 Å². The molecule has 122 valence electrons. The van der Waals surface area contributed by atoms with Crippen molar-refractivity contribution in [1.82, 2.24) is 0 Å². The monoisotopic (exact) mass is 330 g/mol. The lowest BCUT2D eigenvalue weighted by Crippen LogP contribution is -2.36. The zero-order valence-corrected chi connectivity index (χ0v) is 13.8. The van der Waals surface area contributed by atoms with Gasteiger partial charge in [0.15, 0.2) is 6.29 Å². The Morgan fingerprint density at radius 1 is 1.00 bits per heavy atom. The summed E-state index contributed by atoms with van der Waals surface area (Å²) in [5, 5.41) is 10.3. The Labute approximate surface area is 141 Å². The summed E-state index contributed by atoms with van der Waals surface area (Å²) in [5.74, 6) is 0. The SMILES string of the molecule is OC1CC(Sc2ccccc2)C[C@@H](COCc2ccccc2)O1. The minimum atomic E-state index is -0.699. The van der Waals surface area contributed by atoms with Gasteiger partial charge in [0, 0.05) is 16.6 Å². The first-order chi connectivity index (χ1) is 11.3. The van der Waals surface area contributed by atoms with Crippen LogP contribution in [0.4, 0.5) is 0 Å². The molecular weight excluding hydrogens is 308 g/mol. The van der Waals surface area contributed by atoms with Crippen molar-refractivity contribution in [3.8, 4) is 0 Å². The van der Waals surface area contributed by atoms with E-state index in [1.54, 1.807) is 11.8 Å². The van der Waals surface area contributed by atoms with E-state index in [0.29, 0.717) is 24.9 Å². The normalized spacial score (nSPS) is 24.5. The molecule has 0 radical (unpaired) electrons. The number of benzene rings is 2. The molecule has 0 aromatic heterocycles. The number of hydrogen-bond donors (Lipinski definition) is 1. The van der Waals surface area contributed by atoms with Crippen LogP contribution in [0, 0.1) is 0 Å². The van der Waals surface area contributed by atoms with Crippen molar-refractivity contribution in [2.24, 2.45) is 0 Å². The Kier molecular flexibility index (Phi) is 6.11. The first-order valence-electron chi connectivity index (χ1n) is 7.96. The highest BCUT2D eigenvalue weighted by Gasteiger charge is 2.29. The molecule has 2 aromatic carbocycles. The van der Waals surface area contributed by atoms with Crippen LogP contribution in [0.1, 0.15) is 18.4 Å². The van der Waals surface area contributed by atoms with E-state index in [4.69, 9.17) is 9.47 Å². The molecule has 23 heavy (non-hydrogen) atoms. The molecule has 1 aliphatic rings. The Morgan fingerprint density at radius 2 is 1.70 bits per heavy atom. The maximum Gasteiger partial charge on any atom is 0.156 e. The highest BCUT2D eigenvalue weighted by Crippen LogP contribution is 2.33. The van der Waals surface area contributed by atoms with E-state index < -0.39 is 6.29 Å². The van der Waals surface area contributed by atoms with Gasteiger partial charge >= 0.3 is 0 Å². The zero-order chi connectivity index (χ0) is 15.9. The van der Waals surface area contributed by atoms with E-state index in [2.05, 4.69) is 12.1 Å². The second-order valence-corrected chi connectivity index (χ2v) is 7.11. The van der Waals surface area contributed by atoms with Gasteiger partial charge < -0.3 is 14.6 Å². The first kappa shape index (κ1) is 16.5. The summed E-state index contributed by atoms with van der Waals surface area (Å²) in [6.07, 6.45) is 0.805. The highest BCUT2D eigenvalue weighted by atomic mass is 32.2. The smallest absolute Gasteiger partial charge is 0.156 e. The molecule has 1 aliphatic heterocycles. The molecule has 2 aromatic rings. The Hall–Kier alpha value is -1.33. The third-order valence-electron chi connectivity index (χ3n) is 3.80. The number of aliphatic hydroxyl groups is 1. The lowest BCUT2D eigenvalue weighted by Gasteiger charge is -2.32. The average molecular weight is 330 g/mol. The van der Waals surface area contributed by atoms with Gasteiger partial charge in [0.05, 0.1) is 19.3 Å². The van der Waals surface area contributed by atoms with Gasteiger partial charge in [-0.25, -0.2) is 0 Å². The van der Waals surface area contributed by atoms with Crippen LogP contribution in [0.2, 0.25) is 0 Å². The van der Waals surface area contributed by atoms with Crippen molar-refractivity contribution in [3.63, 3.8) is 0 Å². The standard InChI is InChI=1S/C19H22O3S/c20-19-12-18(23-17-9-5-2-6-10-17)11-16(22-19)14-21-13-15-7-3-1-4-8-15/h1-10,16,18-20H,11-14H2/t16-,18?,19?/m0/s1. The largest absolute Gasteiger partial charge is 0.374 e. The summed E-state index contributed by atoms with van der Waals surface area (Å²) in [7, 11) is 0. The molecule has 0 saturated carbocycles. The lowest BCUT2D eigenvalue weighted by molar-refractivity contribution is -0.176. The summed E-state index contributed by atoms with van der Waals surface area (Å²) in [6.45, 7) is 1.09. The van der Waals surface area contributed by atoms with Crippen molar-refractivity contribution in [3.05, 3.63) is 66.2 Å². The fraction of sp³-hybridized carbons (Fsp3) is 0.368. The van der Waals surface area contributed by atoms with Crippen LogP contribution < -0.4 is 0 Å². The van der Waals surface area contributed by atoms with Gasteiger partial charge in [-0.05, 0) is 24.1 Å². The summed E-state index contributed by atoms with van der Waals surface area (Å²) >= 11 is 1.81. The van der Waals surface area contributed by atoms with Gasteiger partial charge in [0.2, 0.25) is 0 Å². The topological polar surface area (TPSA) is 38.7 Å². The third-order valence-corrected chi connectivity index (χ3v) is 5.06. The second-order valence-electron chi connectivity index (χ2n) is 5.74. The molecule has 0 amide bonds. The average Bonchev–Trinajstić information content (AvgIpc) is 2.56. The molecule has 1 heterocycles. The summed E-state index contributed by atoms with van der Waals surface area (Å²) in [6, 6.07) is 20.4. The summed E-state index contributed by atoms with van der Waals surface area (Å²) in [4.78, 5) is 1.23. The molecule has 0 spiro atoms. The maximum atomic E-state index is 9.95. The second kappa shape index (κ2) is 8.50. The molecule has 2 unspecified atom stereocenters. The van der Waals surface area contributed by atoms with Crippen molar-refractivity contribution in [1.29, 1.82) is 0 Å². The molecule has 1 N–H and O–H groups in total. The molecule has 1 saturated heterocycles. The Morgan fingerprint density at radius 3 is 2.43 bits per heavy atom. The van der Waals surface area contributed by atoms with Gasteiger partial charge in [-0.2, -0.15) is 0 Å². The van der Waals surface area contributed by atoms with Gasteiger partial charge in [-0.3, -0.25) is 0 Å². The van der Waals surface area contributed by atoms with E-state index in [1.165, 1.54) is 4.90 Å². The highest BCUT2D eigenvalue weighted by molar-refractivity contribution is 8.00. The van der Waals surface area contributed by atoms with Crippen LogP contribution >= 0.6 is 11.8 Å². The van der Waals surface area contributed by atoms with E-state index in [9.17, 15) is 5.11 Å². The minimum absolute atomic E-state index is 0.0522. The molecular formula is C19H22O3S. The molecule has 4 heteroatoms. The van der Waals surface area contributed by atoms with Crippen LogP contribution in [0.5, 0.6) is 0 Å². The summed E-state index contributed by atoms with van der Waals surface area (Å²) in [5.41, 5.74) is 1.15. The number of aliphatic hydroxyl groups excluding tert-OH is 1. The first-order valence-corrected chi connectivity index (χ1v) is 8.84. The maximum absolute atomic E-state index is 9.95. The van der Waals surface area contributed by atoms with Crippen LogP contribution in [0.15, 0.2) is 65.6 Å². The Bertz CT molecular complexity index is 576. The van der Waals surface area contributed by atoms with E-state index in [1.807, 2.05) is 48.5 Å². The Balaban J connectivity index is 1.47. The number of rotatable bonds is 6. The quantitative estimate of drug-likeness (QED) is 0.873. The van der Waals surface area contributed by atoms with Crippen molar-refractivity contribution in [2.45, 2.75) is 42.0 Å². The van der Waals surface area contributed by atoms with E-state index >= 15 is 0 Å². The predicted molar refractivity (Wildman–Crippen MR) is 92.3 cm³/mol. The number of ether oxygens (including phenoxy) is 2. The third kappa shape index (κ3) is 5.36. The van der Waals surface area contributed by atoms with E-state index in [-0.39, 0.29) is 6.10 Å². The van der Waals surface area contributed by atoms with Crippen LogP contribution in [-0.4, -0.2) is 29.4 Å². The number of thioether (sulfide) groups is 1. The molecule has 1 fully saturated rings. The van der Waals surface area contributed by atoms with Crippen molar-refractivity contribution >= 4 is 11.8 Å². The minimum Gasteiger partial charge on any atom is -0.374 e. The molecule has 0 aliphatic carbocycles. The van der Waals surface area contributed by atoms with Crippen molar-refractivity contribution in [2.75, 3.05) is 6.61 Å². The van der Waals surface area contributed by atoms with Crippen molar-refractivity contribution < 1.29 is 14.6 Å². The van der Waals surface area contributed by atoms with Gasteiger partial charge in [-0.1, -0.05) is 48.5 Å². The summed E-state index contributed by atoms with van der Waals surface area (Å²) < 4.78 is 11.4. The molecule has 3 nitrogen and oxygen atoms in total. The zero-order valence-electron chi connectivity index (χ0n) is 13.0. The predicted octanol–water partition coefficient (Wildman–Crippen LogP) is 3.86. The molecule has 3 rings (SSSR count). The molecule has 3 atom stereocenters. The fourth-order valence-electron chi connectivity index (χ4n) is 2.73. The molecule has 0 bridgehead atoms. The van der Waals surface area contributed by atoms with Crippen LogP contribution in [-0.2, 0) is 16.1 Å². The van der Waals surface area contributed by atoms with Gasteiger partial charge in [0.25, 0.3) is 0 Å². The van der Waals surface area contributed by atoms with Gasteiger partial charge in [-0.15, -0.1) is 11.8 Å². The van der Waals surface area contributed by atoms with Gasteiger partial charge in [0.1, 0.15) is 0 Å². The van der Waals surface area contributed by atoms with Crippen LogP contribution in [0.3, 0.4) is 0 Å². The van der Waals surface area contributed by atoms with E-state index in [0.717, 1.165) is 12.0 Å². The fourth-order valence-corrected chi connectivity index (χ4v) is 4.00.